The highest BCUT2D eigenvalue weighted by molar-refractivity contribution is 4.80. The van der Waals surface area contributed by atoms with Gasteiger partial charge in [-0.05, 0) is 89.0 Å². The lowest BCUT2D eigenvalue weighted by Gasteiger charge is -2.39. The highest BCUT2D eigenvalue weighted by Gasteiger charge is 2.25. The number of hydrogen-bond donors (Lipinski definition) is 1. The van der Waals surface area contributed by atoms with Crippen molar-refractivity contribution in [3.05, 3.63) is 0 Å². The molecule has 0 aliphatic carbocycles. The van der Waals surface area contributed by atoms with Crippen LogP contribution in [0.25, 0.3) is 0 Å². The van der Waals surface area contributed by atoms with Crippen LogP contribution < -0.4 is 5.32 Å². The molecule has 0 saturated carbocycles. The SMILES string of the molecule is CC1CCN(CC2CCCN(CC3CCNCC3)C2)CC1. The third-order valence-electron chi connectivity index (χ3n) is 5.97. The number of rotatable bonds is 4. The first kappa shape index (κ1) is 15.8. The summed E-state index contributed by atoms with van der Waals surface area (Å²) in [6.45, 7) is 13.1. The Labute approximate surface area is 131 Å². The molecule has 3 fully saturated rings. The van der Waals surface area contributed by atoms with Crippen LogP contribution in [-0.2, 0) is 0 Å². The van der Waals surface area contributed by atoms with E-state index >= 15 is 0 Å². The summed E-state index contributed by atoms with van der Waals surface area (Å²) in [6.07, 6.45) is 8.53. The molecule has 3 rings (SSSR count). The summed E-state index contributed by atoms with van der Waals surface area (Å²) in [5, 5.41) is 3.49. The molecule has 3 saturated heterocycles. The van der Waals surface area contributed by atoms with E-state index in [2.05, 4.69) is 22.0 Å². The second kappa shape index (κ2) is 7.94. The molecule has 3 aliphatic heterocycles. The Bertz CT molecular complexity index is 293. The van der Waals surface area contributed by atoms with Crippen molar-refractivity contribution in [1.82, 2.24) is 15.1 Å². The van der Waals surface area contributed by atoms with Gasteiger partial charge in [0.05, 0.1) is 0 Å². The van der Waals surface area contributed by atoms with Gasteiger partial charge in [-0.15, -0.1) is 0 Å². The molecule has 3 heterocycles. The van der Waals surface area contributed by atoms with Gasteiger partial charge in [-0.25, -0.2) is 0 Å². The van der Waals surface area contributed by atoms with E-state index in [4.69, 9.17) is 0 Å². The Morgan fingerprint density at radius 3 is 2.29 bits per heavy atom. The van der Waals surface area contributed by atoms with Crippen molar-refractivity contribution in [3.63, 3.8) is 0 Å². The first-order valence-corrected chi connectivity index (χ1v) is 9.45. The molecule has 1 unspecified atom stereocenters. The molecular formula is C18H35N3. The molecule has 1 atom stereocenters. The van der Waals surface area contributed by atoms with Crippen molar-refractivity contribution in [2.75, 3.05) is 52.4 Å². The molecule has 0 radical (unpaired) electrons. The fraction of sp³-hybridized carbons (Fsp3) is 1.00. The van der Waals surface area contributed by atoms with Crippen molar-refractivity contribution >= 4 is 0 Å². The van der Waals surface area contributed by atoms with Crippen molar-refractivity contribution in [1.29, 1.82) is 0 Å². The molecule has 0 aromatic rings. The summed E-state index contributed by atoms with van der Waals surface area (Å²) in [4.78, 5) is 5.54. The lowest BCUT2D eigenvalue weighted by Crippen LogP contribution is -2.45. The van der Waals surface area contributed by atoms with Gasteiger partial charge in [0.25, 0.3) is 0 Å². The highest BCUT2D eigenvalue weighted by Crippen LogP contribution is 2.23. The van der Waals surface area contributed by atoms with E-state index in [-0.39, 0.29) is 0 Å². The number of nitrogens with one attached hydrogen (secondary N) is 1. The van der Waals surface area contributed by atoms with Gasteiger partial charge < -0.3 is 15.1 Å². The Kier molecular flexibility index (Phi) is 5.96. The molecule has 0 spiro atoms. The molecule has 0 bridgehead atoms. The van der Waals surface area contributed by atoms with Crippen LogP contribution in [0.2, 0.25) is 0 Å². The van der Waals surface area contributed by atoms with Gasteiger partial charge in [0, 0.05) is 19.6 Å². The monoisotopic (exact) mass is 293 g/mol. The van der Waals surface area contributed by atoms with Crippen LogP contribution in [0.4, 0.5) is 0 Å². The molecule has 0 amide bonds. The largest absolute Gasteiger partial charge is 0.317 e. The van der Waals surface area contributed by atoms with E-state index < -0.39 is 0 Å². The summed E-state index contributed by atoms with van der Waals surface area (Å²) in [7, 11) is 0. The lowest BCUT2D eigenvalue weighted by atomic mass is 9.92. The quantitative estimate of drug-likeness (QED) is 0.859. The predicted octanol–water partition coefficient (Wildman–Crippen LogP) is 2.43. The average molecular weight is 293 g/mol. The third-order valence-corrected chi connectivity index (χ3v) is 5.97. The molecule has 122 valence electrons. The van der Waals surface area contributed by atoms with E-state index in [1.54, 1.807) is 0 Å². The minimum absolute atomic E-state index is 0.939. The van der Waals surface area contributed by atoms with E-state index in [0.29, 0.717) is 0 Å². The maximum Gasteiger partial charge on any atom is 0.00220 e. The average Bonchev–Trinajstić information content (AvgIpc) is 2.51. The number of hydrogen-bond acceptors (Lipinski definition) is 3. The Hall–Kier alpha value is -0.120. The first-order chi connectivity index (χ1) is 10.3. The highest BCUT2D eigenvalue weighted by atomic mass is 15.2. The zero-order valence-electron chi connectivity index (χ0n) is 14.0. The van der Waals surface area contributed by atoms with Crippen LogP contribution in [0, 0.1) is 17.8 Å². The summed E-state index contributed by atoms with van der Waals surface area (Å²) >= 11 is 0. The van der Waals surface area contributed by atoms with E-state index in [9.17, 15) is 0 Å². The number of piperidine rings is 3. The fourth-order valence-corrected chi connectivity index (χ4v) is 4.51. The second-order valence-corrected chi connectivity index (χ2v) is 7.94. The lowest BCUT2D eigenvalue weighted by molar-refractivity contribution is 0.0984. The first-order valence-electron chi connectivity index (χ1n) is 9.45. The van der Waals surface area contributed by atoms with E-state index in [1.165, 1.54) is 90.9 Å². The fourth-order valence-electron chi connectivity index (χ4n) is 4.51. The Morgan fingerprint density at radius 2 is 1.52 bits per heavy atom. The minimum Gasteiger partial charge on any atom is -0.317 e. The minimum atomic E-state index is 0.939. The molecule has 0 aromatic carbocycles. The normalized spacial score (nSPS) is 31.6. The summed E-state index contributed by atoms with van der Waals surface area (Å²) in [6, 6.07) is 0. The maximum atomic E-state index is 3.49. The van der Waals surface area contributed by atoms with Crippen molar-refractivity contribution in [2.45, 2.75) is 45.4 Å². The summed E-state index contributed by atoms with van der Waals surface area (Å²) in [5.41, 5.74) is 0. The predicted molar refractivity (Wildman–Crippen MR) is 89.6 cm³/mol. The molecule has 0 aromatic heterocycles. The Balaban J connectivity index is 1.40. The van der Waals surface area contributed by atoms with Gasteiger partial charge in [-0.3, -0.25) is 0 Å². The summed E-state index contributed by atoms with van der Waals surface area (Å²) in [5.74, 6) is 2.86. The Morgan fingerprint density at radius 1 is 0.810 bits per heavy atom. The van der Waals surface area contributed by atoms with Crippen LogP contribution in [0.1, 0.15) is 45.4 Å². The van der Waals surface area contributed by atoms with Crippen LogP contribution >= 0.6 is 0 Å². The van der Waals surface area contributed by atoms with Crippen molar-refractivity contribution < 1.29 is 0 Å². The van der Waals surface area contributed by atoms with Gasteiger partial charge in [0.1, 0.15) is 0 Å². The standard InChI is InChI=1S/C18H35N3/c1-16-6-11-20(12-7-16)14-18-3-2-10-21(15-18)13-17-4-8-19-9-5-17/h16-19H,2-15H2,1H3. The smallest absolute Gasteiger partial charge is 0.00220 e. The van der Waals surface area contributed by atoms with Crippen LogP contribution in [-0.4, -0.2) is 62.2 Å². The van der Waals surface area contributed by atoms with E-state index in [1.807, 2.05) is 0 Å². The maximum absolute atomic E-state index is 3.49. The van der Waals surface area contributed by atoms with Gasteiger partial charge in [0.15, 0.2) is 0 Å². The zero-order valence-corrected chi connectivity index (χ0v) is 14.0. The van der Waals surface area contributed by atoms with Gasteiger partial charge in [-0.1, -0.05) is 6.92 Å². The number of nitrogens with zero attached hydrogens (tertiary/aromatic N) is 2. The van der Waals surface area contributed by atoms with Gasteiger partial charge >= 0.3 is 0 Å². The second-order valence-electron chi connectivity index (χ2n) is 7.94. The van der Waals surface area contributed by atoms with Crippen molar-refractivity contribution in [3.8, 4) is 0 Å². The van der Waals surface area contributed by atoms with Gasteiger partial charge in [0.2, 0.25) is 0 Å². The zero-order chi connectivity index (χ0) is 14.5. The molecule has 1 N–H and O–H groups in total. The summed E-state index contributed by atoms with van der Waals surface area (Å²) < 4.78 is 0. The molecule has 3 heteroatoms. The van der Waals surface area contributed by atoms with E-state index in [0.717, 1.165) is 17.8 Å². The third kappa shape index (κ3) is 4.94. The van der Waals surface area contributed by atoms with Crippen LogP contribution in [0.15, 0.2) is 0 Å². The molecule has 3 aliphatic rings. The van der Waals surface area contributed by atoms with Crippen LogP contribution in [0.5, 0.6) is 0 Å². The molecular weight excluding hydrogens is 258 g/mol. The topological polar surface area (TPSA) is 18.5 Å². The van der Waals surface area contributed by atoms with Crippen LogP contribution in [0.3, 0.4) is 0 Å². The van der Waals surface area contributed by atoms with Crippen molar-refractivity contribution in [2.24, 2.45) is 17.8 Å². The van der Waals surface area contributed by atoms with Gasteiger partial charge in [-0.2, -0.15) is 0 Å². The molecule has 21 heavy (non-hydrogen) atoms. The number of likely N-dealkylation sites (tertiary alicyclic amines) is 2. The molecule has 3 nitrogen and oxygen atoms in total.